The van der Waals surface area contributed by atoms with E-state index >= 15 is 0 Å². The van der Waals surface area contributed by atoms with E-state index in [4.69, 9.17) is 0 Å². The molecule has 2 aliphatic rings. The van der Waals surface area contributed by atoms with E-state index in [0.29, 0.717) is 10.3 Å². The number of aromatic nitrogens is 1. The number of aromatic carboxylic acids is 1. The first-order valence-electron chi connectivity index (χ1n) is 8.00. The van der Waals surface area contributed by atoms with Gasteiger partial charge in [-0.05, 0) is 37.0 Å². The van der Waals surface area contributed by atoms with Crippen molar-refractivity contribution in [1.29, 1.82) is 0 Å². The van der Waals surface area contributed by atoms with E-state index in [1.54, 1.807) is 0 Å². The largest absolute Gasteiger partial charge is 0.477 e. The lowest BCUT2D eigenvalue weighted by molar-refractivity contribution is 0.0700. The van der Waals surface area contributed by atoms with Gasteiger partial charge in [0.25, 0.3) is 0 Å². The van der Waals surface area contributed by atoms with E-state index in [9.17, 15) is 9.90 Å². The van der Waals surface area contributed by atoms with E-state index in [1.165, 1.54) is 49.9 Å². The van der Waals surface area contributed by atoms with Gasteiger partial charge in [0.15, 0.2) is 5.13 Å². The van der Waals surface area contributed by atoms with Crippen LogP contribution in [0.4, 0.5) is 5.13 Å². The zero-order chi connectivity index (χ0) is 15.0. The molecule has 2 fully saturated rings. The molecule has 5 heteroatoms. The van der Waals surface area contributed by atoms with Crippen molar-refractivity contribution in [3.8, 4) is 0 Å². The normalized spacial score (nSPS) is 21.4. The molecule has 0 unspecified atom stereocenters. The lowest BCUT2D eigenvalue weighted by Crippen LogP contribution is -2.38. The smallest absolute Gasteiger partial charge is 0.347 e. The zero-order valence-electron chi connectivity index (χ0n) is 12.9. The minimum atomic E-state index is -0.841. The Balaban J connectivity index is 1.76. The Hall–Kier alpha value is -1.10. The third kappa shape index (κ3) is 2.80. The molecule has 116 valence electrons. The summed E-state index contributed by atoms with van der Waals surface area (Å²) in [5.41, 5.74) is 1.33. The zero-order valence-corrected chi connectivity index (χ0v) is 13.7. The number of piperidine rings is 1. The number of hydrogen-bond donors (Lipinski definition) is 1. The van der Waals surface area contributed by atoms with Crippen molar-refractivity contribution in [2.24, 2.45) is 5.41 Å². The van der Waals surface area contributed by atoms with Crippen LogP contribution in [-0.2, 0) is 0 Å². The van der Waals surface area contributed by atoms with Crippen LogP contribution in [-0.4, -0.2) is 29.1 Å². The van der Waals surface area contributed by atoms with Crippen LogP contribution in [0.25, 0.3) is 0 Å². The van der Waals surface area contributed by atoms with Crippen molar-refractivity contribution >= 4 is 22.4 Å². The first kappa shape index (κ1) is 14.8. The highest BCUT2D eigenvalue weighted by Gasteiger charge is 2.37. The van der Waals surface area contributed by atoms with Gasteiger partial charge in [-0.2, -0.15) is 0 Å². The Morgan fingerprint density at radius 3 is 2.33 bits per heavy atom. The second-order valence-electron chi connectivity index (χ2n) is 6.86. The molecule has 1 aliphatic heterocycles. The molecule has 2 heterocycles. The lowest BCUT2D eigenvalue weighted by atomic mass is 9.77. The maximum Gasteiger partial charge on any atom is 0.347 e. The summed E-state index contributed by atoms with van der Waals surface area (Å²) in [6.07, 6.45) is 8.03. The molecule has 3 rings (SSSR count). The molecule has 1 aromatic heterocycles. The molecule has 1 saturated heterocycles. The maximum atomic E-state index is 11.4. The predicted molar refractivity (Wildman–Crippen MR) is 85.5 cm³/mol. The summed E-state index contributed by atoms with van der Waals surface area (Å²) in [6.45, 7) is 6.08. The standard InChI is InChI=1S/C16H24N2O2S/c1-11(2)12-13(14(19)20)21-15(17-12)18-9-7-16(8-10-18)5-3-4-6-16/h11H,3-10H2,1-2H3,(H,19,20). The number of carbonyl (C=O) groups is 1. The van der Waals surface area contributed by atoms with Crippen LogP contribution in [0, 0.1) is 5.41 Å². The predicted octanol–water partition coefficient (Wildman–Crippen LogP) is 4.13. The van der Waals surface area contributed by atoms with E-state index in [0.717, 1.165) is 23.9 Å². The SMILES string of the molecule is CC(C)c1nc(N2CCC3(CCCC3)CC2)sc1C(=O)O. The topological polar surface area (TPSA) is 53.4 Å². The monoisotopic (exact) mass is 308 g/mol. The fraction of sp³-hybridized carbons (Fsp3) is 0.750. The maximum absolute atomic E-state index is 11.4. The lowest BCUT2D eigenvalue weighted by Gasteiger charge is -2.39. The highest BCUT2D eigenvalue weighted by molar-refractivity contribution is 7.17. The van der Waals surface area contributed by atoms with Crippen molar-refractivity contribution in [2.45, 2.75) is 58.3 Å². The van der Waals surface area contributed by atoms with E-state index in [2.05, 4.69) is 9.88 Å². The van der Waals surface area contributed by atoms with Gasteiger partial charge in [0, 0.05) is 13.1 Å². The van der Waals surface area contributed by atoms with Crippen LogP contribution < -0.4 is 4.90 Å². The van der Waals surface area contributed by atoms with Gasteiger partial charge in [-0.3, -0.25) is 0 Å². The number of anilines is 1. The summed E-state index contributed by atoms with van der Waals surface area (Å²) in [7, 11) is 0. The number of nitrogens with zero attached hydrogens (tertiary/aromatic N) is 2. The minimum absolute atomic E-state index is 0.159. The molecular weight excluding hydrogens is 284 g/mol. The van der Waals surface area contributed by atoms with Gasteiger partial charge in [-0.15, -0.1) is 0 Å². The molecule has 0 amide bonds. The van der Waals surface area contributed by atoms with Crippen LogP contribution in [0.15, 0.2) is 0 Å². The third-order valence-electron chi connectivity index (χ3n) is 5.14. The summed E-state index contributed by atoms with van der Waals surface area (Å²) in [4.78, 5) is 18.7. The Labute approximate surface area is 130 Å². The van der Waals surface area contributed by atoms with E-state index in [-0.39, 0.29) is 5.92 Å². The van der Waals surface area contributed by atoms with Gasteiger partial charge in [0.1, 0.15) is 4.88 Å². The van der Waals surface area contributed by atoms with Crippen LogP contribution in [0.1, 0.15) is 73.7 Å². The fourth-order valence-corrected chi connectivity index (χ4v) is 4.91. The molecule has 1 aromatic rings. The van der Waals surface area contributed by atoms with Crippen molar-refractivity contribution < 1.29 is 9.90 Å². The quantitative estimate of drug-likeness (QED) is 0.912. The number of carboxylic acid groups (broad SMARTS) is 1. The molecule has 0 bridgehead atoms. The van der Waals surface area contributed by atoms with Gasteiger partial charge < -0.3 is 10.0 Å². The molecule has 0 radical (unpaired) electrons. The second kappa shape index (κ2) is 5.59. The van der Waals surface area contributed by atoms with Crippen LogP contribution in [0.3, 0.4) is 0 Å². The average Bonchev–Trinajstić information content (AvgIpc) is 3.07. The molecule has 1 spiro atoms. The van der Waals surface area contributed by atoms with E-state index < -0.39 is 5.97 Å². The molecule has 4 nitrogen and oxygen atoms in total. The summed E-state index contributed by atoms with van der Waals surface area (Å²) in [6, 6.07) is 0. The molecule has 21 heavy (non-hydrogen) atoms. The first-order chi connectivity index (χ1) is 10.0. The van der Waals surface area contributed by atoms with Crippen molar-refractivity contribution in [2.75, 3.05) is 18.0 Å². The van der Waals surface area contributed by atoms with Crippen molar-refractivity contribution in [3.63, 3.8) is 0 Å². The third-order valence-corrected chi connectivity index (χ3v) is 6.26. The van der Waals surface area contributed by atoms with Gasteiger partial charge in [-0.1, -0.05) is 38.0 Å². The van der Waals surface area contributed by atoms with Gasteiger partial charge in [0.05, 0.1) is 5.69 Å². The Bertz CT molecular complexity index is 522. The first-order valence-corrected chi connectivity index (χ1v) is 8.81. The Kier molecular flexibility index (Phi) is 3.95. The Morgan fingerprint density at radius 1 is 1.24 bits per heavy atom. The minimum Gasteiger partial charge on any atom is -0.477 e. The van der Waals surface area contributed by atoms with Crippen molar-refractivity contribution in [1.82, 2.24) is 4.98 Å². The molecule has 0 atom stereocenters. The highest BCUT2D eigenvalue weighted by atomic mass is 32.1. The van der Waals surface area contributed by atoms with Gasteiger partial charge >= 0.3 is 5.97 Å². The average molecular weight is 308 g/mol. The van der Waals surface area contributed by atoms with Gasteiger partial charge in [-0.25, -0.2) is 9.78 Å². The molecule has 1 saturated carbocycles. The highest BCUT2D eigenvalue weighted by Crippen LogP contribution is 2.47. The summed E-state index contributed by atoms with van der Waals surface area (Å²) >= 11 is 1.35. The van der Waals surface area contributed by atoms with Crippen molar-refractivity contribution in [3.05, 3.63) is 10.6 Å². The number of hydrogen-bond acceptors (Lipinski definition) is 4. The van der Waals surface area contributed by atoms with Crippen LogP contribution in [0.5, 0.6) is 0 Å². The molecule has 0 aromatic carbocycles. The number of rotatable bonds is 3. The number of thiazole rings is 1. The molecular formula is C16H24N2O2S. The van der Waals surface area contributed by atoms with Crippen LogP contribution in [0.2, 0.25) is 0 Å². The summed E-state index contributed by atoms with van der Waals surface area (Å²) in [5, 5.41) is 10.3. The van der Waals surface area contributed by atoms with Gasteiger partial charge in [0.2, 0.25) is 0 Å². The molecule has 1 N–H and O–H groups in total. The molecule has 1 aliphatic carbocycles. The fourth-order valence-electron chi connectivity index (χ4n) is 3.80. The second-order valence-corrected chi connectivity index (χ2v) is 7.84. The number of carboxylic acids is 1. The summed E-state index contributed by atoms with van der Waals surface area (Å²) < 4.78 is 0. The Morgan fingerprint density at radius 2 is 1.86 bits per heavy atom. The summed E-state index contributed by atoms with van der Waals surface area (Å²) in [5.74, 6) is -0.682. The van der Waals surface area contributed by atoms with E-state index in [1.807, 2.05) is 13.8 Å². The van der Waals surface area contributed by atoms with Crippen LogP contribution >= 0.6 is 11.3 Å².